The highest BCUT2D eigenvalue weighted by molar-refractivity contribution is 5.75. The molecule has 1 aliphatic heterocycles. The molecule has 0 saturated carbocycles. The maximum absolute atomic E-state index is 12.4. The third-order valence-electron chi connectivity index (χ3n) is 5.52. The molecule has 1 atom stereocenters. The van der Waals surface area contributed by atoms with Crippen molar-refractivity contribution in [2.24, 2.45) is 0 Å². The molecule has 12 heteroatoms. The van der Waals surface area contributed by atoms with Crippen molar-refractivity contribution in [3.8, 4) is 0 Å². The van der Waals surface area contributed by atoms with Gasteiger partial charge in [0.2, 0.25) is 0 Å². The number of esters is 2. The normalized spacial score (nSPS) is 18.8. The van der Waals surface area contributed by atoms with Crippen LogP contribution in [-0.2, 0) is 28.7 Å². The van der Waals surface area contributed by atoms with Crippen LogP contribution in [0, 0.1) is 0 Å². The summed E-state index contributed by atoms with van der Waals surface area (Å²) in [5.41, 5.74) is -1.23. The van der Waals surface area contributed by atoms with Crippen LogP contribution < -0.4 is 5.32 Å². The second kappa shape index (κ2) is 15.2. The number of ether oxygens (including phenoxy) is 2. The first-order chi connectivity index (χ1) is 17.1. The molecule has 1 saturated heterocycles. The third kappa shape index (κ3) is 15.5. The number of carbonyl (C=O) groups excluding carboxylic acids is 2. The van der Waals surface area contributed by atoms with E-state index in [1.54, 1.807) is 46.4 Å². The Bertz CT molecular complexity index is 719. The zero-order valence-electron chi connectivity index (χ0n) is 23.2. The molecular formula is C25H46N4O8. The SMILES string of the molecule is CC(C)(C)OC(=O)CN1CCNCCN(CC(=O)OC(C)(C)C)CCN(C(CCC(=O)O)C(=O)O)CC1. The van der Waals surface area contributed by atoms with E-state index in [4.69, 9.17) is 14.6 Å². The lowest BCUT2D eigenvalue weighted by atomic mass is 10.1. The fourth-order valence-electron chi connectivity index (χ4n) is 3.94. The van der Waals surface area contributed by atoms with Crippen LogP contribution >= 0.6 is 0 Å². The summed E-state index contributed by atoms with van der Waals surface area (Å²) in [6.45, 7) is 14.6. The van der Waals surface area contributed by atoms with E-state index in [1.165, 1.54) is 0 Å². The van der Waals surface area contributed by atoms with Crippen molar-refractivity contribution in [1.82, 2.24) is 20.0 Å². The van der Waals surface area contributed by atoms with E-state index in [-0.39, 0.29) is 37.9 Å². The van der Waals surface area contributed by atoms with Gasteiger partial charge in [0, 0.05) is 58.8 Å². The minimum atomic E-state index is -1.10. The Morgan fingerprint density at radius 1 is 0.757 bits per heavy atom. The van der Waals surface area contributed by atoms with Gasteiger partial charge in [-0.3, -0.25) is 33.9 Å². The monoisotopic (exact) mass is 530 g/mol. The highest BCUT2D eigenvalue weighted by Gasteiger charge is 2.28. The summed E-state index contributed by atoms with van der Waals surface area (Å²) in [6.07, 6.45) is -0.328. The molecule has 1 rings (SSSR count). The molecule has 0 aromatic heterocycles. The van der Waals surface area contributed by atoms with E-state index in [9.17, 15) is 24.3 Å². The summed E-state index contributed by atoms with van der Waals surface area (Å²) < 4.78 is 10.9. The summed E-state index contributed by atoms with van der Waals surface area (Å²) >= 11 is 0. The van der Waals surface area contributed by atoms with Gasteiger partial charge in [-0.05, 0) is 48.0 Å². The number of nitrogens with zero attached hydrogens (tertiary/aromatic N) is 3. The van der Waals surface area contributed by atoms with Gasteiger partial charge >= 0.3 is 23.9 Å². The molecule has 37 heavy (non-hydrogen) atoms. The van der Waals surface area contributed by atoms with E-state index in [0.717, 1.165) is 0 Å². The Kier molecular flexibility index (Phi) is 13.5. The molecule has 1 heterocycles. The molecule has 0 aromatic carbocycles. The zero-order valence-corrected chi connectivity index (χ0v) is 23.2. The first-order valence-corrected chi connectivity index (χ1v) is 12.8. The van der Waals surface area contributed by atoms with Crippen LogP contribution in [0.15, 0.2) is 0 Å². The number of hydrogen-bond acceptors (Lipinski definition) is 10. The lowest BCUT2D eigenvalue weighted by molar-refractivity contribution is -0.157. The fourth-order valence-corrected chi connectivity index (χ4v) is 3.94. The first-order valence-electron chi connectivity index (χ1n) is 12.8. The number of carboxylic acids is 2. The largest absolute Gasteiger partial charge is 0.481 e. The van der Waals surface area contributed by atoms with Gasteiger partial charge in [-0.15, -0.1) is 0 Å². The lowest BCUT2D eigenvalue weighted by Crippen LogP contribution is -2.51. The number of carbonyl (C=O) groups is 4. The van der Waals surface area contributed by atoms with E-state index in [1.807, 2.05) is 9.80 Å². The van der Waals surface area contributed by atoms with Crippen molar-refractivity contribution in [3.63, 3.8) is 0 Å². The molecule has 0 aliphatic carbocycles. The van der Waals surface area contributed by atoms with Crippen molar-refractivity contribution < 1.29 is 38.9 Å². The second-order valence-corrected chi connectivity index (χ2v) is 11.3. The van der Waals surface area contributed by atoms with Crippen LogP contribution in [0.1, 0.15) is 54.4 Å². The molecule has 0 spiro atoms. The molecule has 0 radical (unpaired) electrons. The van der Waals surface area contributed by atoms with Crippen molar-refractivity contribution in [1.29, 1.82) is 0 Å². The molecule has 12 nitrogen and oxygen atoms in total. The van der Waals surface area contributed by atoms with Crippen LogP contribution in [0.3, 0.4) is 0 Å². The average Bonchev–Trinajstić information content (AvgIpc) is 2.69. The maximum Gasteiger partial charge on any atom is 0.320 e. The van der Waals surface area contributed by atoms with Crippen LogP contribution in [0.5, 0.6) is 0 Å². The Balaban J connectivity index is 3.03. The van der Waals surface area contributed by atoms with Gasteiger partial charge in [-0.1, -0.05) is 0 Å². The highest BCUT2D eigenvalue weighted by Crippen LogP contribution is 2.12. The highest BCUT2D eigenvalue weighted by atomic mass is 16.6. The van der Waals surface area contributed by atoms with Crippen LogP contribution in [0.4, 0.5) is 0 Å². The number of hydrogen-bond donors (Lipinski definition) is 3. The Morgan fingerprint density at radius 3 is 1.54 bits per heavy atom. The second-order valence-electron chi connectivity index (χ2n) is 11.3. The Hall–Kier alpha value is -2.28. The third-order valence-corrected chi connectivity index (χ3v) is 5.52. The van der Waals surface area contributed by atoms with Gasteiger partial charge in [0.25, 0.3) is 0 Å². The molecule has 1 unspecified atom stereocenters. The van der Waals surface area contributed by atoms with Crippen molar-refractivity contribution in [2.45, 2.75) is 71.6 Å². The number of rotatable bonds is 9. The Labute approximate surface area is 220 Å². The smallest absolute Gasteiger partial charge is 0.320 e. The first kappa shape index (κ1) is 32.7. The topological polar surface area (TPSA) is 149 Å². The van der Waals surface area contributed by atoms with Crippen LogP contribution in [-0.4, -0.2) is 131 Å². The van der Waals surface area contributed by atoms with Crippen LogP contribution in [0.25, 0.3) is 0 Å². The molecule has 214 valence electrons. The van der Waals surface area contributed by atoms with Crippen molar-refractivity contribution >= 4 is 23.9 Å². The zero-order chi connectivity index (χ0) is 28.2. The van der Waals surface area contributed by atoms with Gasteiger partial charge in [-0.2, -0.15) is 0 Å². The minimum absolute atomic E-state index is 0.0512. The van der Waals surface area contributed by atoms with E-state index >= 15 is 0 Å². The predicted octanol–water partition coefficient (Wildman–Crippen LogP) is 0.497. The number of aliphatic carboxylic acids is 2. The predicted molar refractivity (Wildman–Crippen MR) is 137 cm³/mol. The summed E-state index contributed by atoms with van der Waals surface area (Å²) in [6, 6.07) is -1.01. The molecule has 3 N–H and O–H groups in total. The molecule has 0 bridgehead atoms. The summed E-state index contributed by atoms with van der Waals surface area (Å²) in [7, 11) is 0. The van der Waals surface area contributed by atoms with Crippen molar-refractivity contribution in [3.05, 3.63) is 0 Å². The quantitative estimate of drug-likeness (QED) is 0.356. The standard InChI is InChI=1S/C25H46N4O8/c1-24(2,3)36-21(32)17-27-11-9-26-10-12-28(18-22(33)37-25(4,5)6)14-16-29(15-13-27)19(23(34)35)7-8-20(30)31/h19,26H,7-18H2,1-6H3,(H,30,31)(H,34,35). The molecule has 0 amide bonds. The van der Waals surface area contributed by atoms with E-state index < -0.39 is 29.2 Å². The fraction of sp³-hybridized carbons (Fsp3) is 0.840. The number of nitrogens with one attached hydrogen (secondary N) is 1. The number of carboxylic acid groups (broad SMARTS) is 2. The Morgan fingerprint density at radius 2 is 1.19 bits per heavy atom. The van der Waals surface area contributed by atoms with Gasteiger partial charge in [-0.25, -0.2) is 0 Å². The van der Waals surface area contributed by atoms with E-state index in [0.29, 0.717) is 52.4 Å². The van der Waals surface area contributed by atoms with Gasteiger partial charge in [0.15, 0.2) is 0 Å². The maximum atomic E-state index is 12.4. The van der Waals surface area contributed by atoms with Gasteiger partial charge in [0.1, 0.15) is 17.2 Å². The molecule has 1 fully saturated rings. The molecule has 1 aliphatic rings. The van der Waals surface area contributed by atoms with Crippen molar-refractivity contribution in [2.75, 3.05) is 65.4 Å². The molecular weight excluding hydrogens is 484 g/mol. The van der Waals surface area contributed by atoms with Gasteiger partial charge in [0.05, 0.1) is 13.1 Å². The summed E-state index contributed by atoms with van der Waals surface area (Å²) in [5.74, 6) is -2.90. The van der Waals surface area contributed by atoms with Crippen LogP contribution in [0.2, 0.25) is 0 Å². The minimum Gasteiger partial charge on any atom is -0.481 e. The van der Waals surface area contributed by atoms with Gasteiger partial charge < -0.3 is 25.0 Å². The molecule has 0 aromatic rings. The lowest BCUT2D eigenvalue weighted by Gasteiger charge is -2.34. The van der Waals surface area contributed by atoms with E-state index in [2.05, 4.69) is 5.32 Å². The summed E-state index contributed by atoms with van der Waals surface area (Å²) in [5, 5.41) is 22.3. The average molecular weight is 531 g/mol. The summed E-state index contributed by atoms with van der Waals surface area (Å²) in [4.78, 5) is 53.7.